The van der Waals surface area contributed by atoms with Crippen molar-refractivity contribution >= 4 is 17.2 Å². The van der Waals surface area contributed by atoms with Crippen LogP contribution in [0, 0.1) is 0 Å². The summed E-state index contributed by atoms with van der Waals surface area (Å²) in [6.45, 7) is 0. The van der Waals surface area contributed by atoms with Crippen molar-refractivity contribution in [1.82, 2.24) is 14.6 Å². The summed E-state index contributed by atoms with van der Waals surface area (Å²) in [4.78, 5) is 20.5. The van der Waals surface area contributed by atoms with Crippen molar-refractivity contribution in [3.63, 3.8) is 0 Å². The highest BCUT2D eigenvalue weighted by Gasteiger charge is 2.36. The molecule has 0 atom stereocenters. The molecule has 0 spiro atoms. The van der Waals surface area contributed by atoms with Gasteiger partial charge in [0.25, 0.3) is 12.3 Å². The van der Waals surface area contributed by atoms with Crippen molar-refractivity contribution in [2.24, 2.45) is 0 Å². The number of hydroxylamine groups is 1. The summed E-state index contributed by atoms with van der Waals surface area (Å²) in [7, 11) is 1.30. The van der Waals surface area contributed by atoms with E-state index in [1.807, 2.05) is 0 Å². The third-order valence-corrected chi connectivity index (χ3v) is 4.34. The van der Waals surface area contributed by atoms with E-state index in [0.29, 0.717) is 11.3 Å². The number of anilines is 1. The summed E-state index contributed by atoms with van der Waals surface area (Å²) in [5.74, 6) is -1.24. The number of aromatic nitrogens is 3. The molecular formula is C17H11F5N4O2. The number of benzene rings is 1. The van der Waals surface area contributed by atoms with E-state index in [1.165, 1.54) is 25.3 Å². The number of rotatable bonds is 3. The summed E-state index contributed by atoms with van der Waals surface area (Å²) in [6.07, 6.45) is -7.85. The Hall–Kier alpha value is -3.08. The van der Waals surface area contributed by atoms with E-state index in [9.17, 15) is 26.7 Å². The predicted octanol–water partition coefficient (Wildman–Crippen LogP) is 3.80. The number of carbonyl (C=O) groups is 1. The summed E-state index contributed by atoms with van der Waals surface area (Å²) in [5.41, 5.74) is -0.719. The molecule has 11 heteroatoms. The van der Waals surface area contributed by atoms with Crippen LogP contribution in [0.3, 0.4) is 0 Å². The topological polar surface area (TPSA) is 59.7 Å². The van der Waals surface area contributed by atoms with Crippen LogP contribution in [0.15, 0.2) is 30.3 Å². The number of alkyl halides is 5. The van der Waals surface area contributed by atoms with Gasteiger partial charge in [-0.2, -0.15) is 18.2 Å². The zero-order valence-electron chi connectivity index (χ0n) is 14.2. The molecule has 28 heavy (non-hydrogen) atoms. The number of pyridine rings is 1. The minimum absolute atomic E-state index is 0.0615. The van der Waals surface area contributed by atoms with E-state index in [4.69, 9.17) is 4.84 Å². The lowest BCUT2D eigenvalue weighted by Crippen LogP contribution is -2.24. The molecule has 0 radical (unpaired) electrons. The maximum absolute atomic E-state index is 13.6. The van der Waals surface area contributed by atoms with Gasteiger partial charge in [0.2, 0.25) is 5.82 Å². The number of carbonyl (C=O) groups excluding carboxylic acids is 1. The second-order valence-corrected chi connectivity index (χ2v) is 6.03. The quantitative estimate of drug-likeness (QED) is 0.630. The number of hydrogen-bond donors (Lipinski definition) is 0. The average molecular weight is 398 g/mol. The van der Waals surface area contributed by atoms with Gasteiger partial charge >= 0.3 is 6.18 Å². The van der Waals surface area contributed by atoms with Gasteiger partial charge in [-0.05, 0) is 29.8 Å². The Morgan fingerprint density at radius 1 is 1.18 bits per heavy atom. The van der Waals surface area contributed by atoms with Gasteiger partial charge in [0.1, 0.15) is 0 Å². The van der Waals surface area contributed by atoms with Crippen LogP contribution in [0.25, 0.3) is 16.9 Å². The molecule has 0 aliphatic carbocycles. The fourth-order valence-electron chi connectivity index (χ4n) is 3.20. The van der Waals surface area contributed by atoms with Gasteiger partial charge in [-0.25, -0.2) is 18.3 Å². The molecule has 1 aliphatic heterocycles. The maximum atomic E-state index is 13.6. The molecule has 3 aromatic rings. The third kappa shape index (κ3) is 2.78. The monoisotopic (exact) mass is 398 g/mol. The Labute approximate surface area is 154 Å². The first kappa shape index (κ1) is 18.3. The Bertz CT molecular complexity index is 1090. The van der Waals surface area contributed by atoms with Crippen LogP contribution >= 0.6 is 0 Å². The lowest BCUT2D eigenvalue weighted by atomic mass is 10.0. The molecule has 6 nitrogen and oxygen atoms in total. The van der Waals surface area contributed by atoms with Gasteiger partial charge < -0.3 is 0 Å². The zero-order chi connectivity index (χ0) is 20.2. The van der Waals surface area contributed by atoms with Crippen molar-refractivity contribution in [3.05, 3.63) is 47.3 Å². The zero-order valence-corrected chi connectivity index (χ0v) is 14.2. The van der Waals surface area contributed by atoms with E-state index in [1.54, 1.807) is 0 Å². The lowest BCUT2D eigenvalue weighted by Gasteiger charge is -2.16. The summed E-state index contributed by atoms with van der Waals surface area (Å²) in [6, 6.07) is 5.92. The molecule has 0 N–H and O–H groups in total. The Morgan fingerprint density at radius 2 is 1.93 bits per heavy atom. The van der Waals surface area contributed by atoms with Crippen molar-refractivity contribution in [1.29, 1.82) is 0 Å². The fourth-order valence-corrected chi connectivity index (χ4v) is 3.20. The molecule has 4 rings (SSSR count). The first-order valence-electron chi connectivity index (χ1n) is 7.96. The van der Waals surface area contributed by atoms with Crippen molar-refractivity contribution < 1.29 is 31.6 Å². The summed E-state index contributed by atoms with van der Waals surface area (Å²) in [5, 5.41) is 4.59. The number of amides is 1. The molecule has 1 amide bonds. The molecule has 3 heterocycles. The second-order valence-electron chi connectivity index (χ2n) is 6.03. The van der Waals surface area contributed by atoms with E-state index >= 15 is 0 Å². The normalized spacial score (nSPS) is 14.4. The van der Waals surface area contributed by atoms with Crippen LogP contribution in [-0.4, -0.2) is 27.6 Å². The van der Waals surface area contributed by atoms with Gasteiger partial charge in [0.15, 0.2) is 5.65 Å². The molecule has 0 saturated heterocycles. The lowest BCUT2D eigenvalue weighted by molar-refractivity contribution is -0.137. The molecule has 1 aliphatic rings. The van der Waals surface area contributed by atoms with Crippen molar-refractivity contribution in [3.8, 4) is 11.3 Å². The average Bonchev–Trinajstić information content (AvgIpc) is 3.19. The van der Waals surface area contributed by atoms with Gasteiger partial charge in [0, 0.05) is 5.56 Å². The highest BCUT2D eigenvalue weighted by molar-refractivity contribution is 6.00. The first-order chi connectivity index (χ1) is 13.2. The van der Waals surface area contributed by atoms with Crippen LogP contribution in [0.1, 0.15) is 23.4 Å². The standard InChI is InChI=1S/C17H11F5N4O2/c1-28-26-11-4-2-8(6-9(11)7-13(26)27)14-10(17(20,21)22)3-5-12-23-16(15(18)19)24-25(12)14/h2-6,15H,7H2,1H3. The smallest absolute Gasteiger partial charge is 0.272 e. The summed E-state index contributed by atoms with van der Waals surface area (Å²) < 4.78 is 67.4. The van der Waals surface area contributed by atoms with Crippen LogP contribution in [0.5, 0.6) is 0 Å². The molecule has 0 unspecified atom stereocenters. The second kappa shape index (κ2) is 6.23. The first-order valence-corrected chi connectivity index (χ1v) is 7.96. The third-order valence-electron chi connectivity index (χ3n) is 4.34. The van der Waals surface area contributed by atoms with E-state index in [0.717, 1.165) is 21.7 Å². The largest absolute Gasteiger partial charge is 0.418 e. The van der Waals surface area contributed by atoms with Crippen LogP contribution < -0.4 is 5.06 Å². The minimum Gasteiger partial charge on any atom is -0.272 e. The number of fused-ring (bicyclic) bond motifs is 2. The molecule has 0 bridgehead atoms. The SMILES string of the molecule is CON1C(=O)Cc2cc(-c3c(C(F)(F)F)ccc4nc(C(F)F)nn34)ccc21. The van der Waals surface area contributed by atoms with Crippen molar-refractivity contribution in [2.75, 3.05) is 12.2 Å². The summed E-state index contributed by atoms with van der Waals surface area (Å²) >= 11 is 0. The number of halogens is 5. The fraction of sp³-hybridized carbons (Fsp3) is 0.235. The Balaban J connectivity index is 1.97. The molecule has 1 aromatic carbocycles. The Kier molecular flexibility index (Phi) is 4.07. The number of hydrogen-bond acceptors (Lipinski definition) is 4. The van der Waals surface area contributed by atoms with Crippen LogP contribution in [-0.2, 0) is 22.2 Å². The van der Waals surface area contributed by atoms with E-state index < -0.39 is 29.7 Å². The van der Waals surface area contributed by atoms with Gasteiger partial charge in [-0.3, -0.25) is 9.63 Å². The molecule has 0 fully saturated rings. The molecule has 2 aromatic heterocycles. The predicted molar refractivity (Wildman–Crippen MR) is 86.6 cm³/mol. The van der Waals surface area contributed by atoms with E-state index in [2.05, 4.69) is 10.1 Å². The molecule has 0 saturated carbocycles. The van der Waals surface area contributed by atoms with Gasteiger partial charge in [-0.15, -0.1) is 5.10 Å². The van der Waals surface area contributed by atoms with Crippen molar-refractivity contribution in [2.45, 2.75) is 19.0 Å². The highest BCUT2D eigenvalue weighted by atomic mass is 19.4. The van der Waals surface area contributed by atoms with Crippen LogP contribution in [0.4, 0.5) is 27.6 Å². The van der Waals surface area contributed by atoms with Crippen LogP contribution in [0.2, 0.25) is 0 Å². The molecular weight excluding hydrogens is 387 g/mol. The Morgan fingerprint density at radius 3 is 2.57 bits per heavy atom. The van der Waals surface area contributed by atoms with Gasteiger partial charge in [0.05, 0.1) is 30.5 Å². The van der Waals surface area contributed by atoms with E-state index in [-0.39, 0.29) is 23.5 Å². The minimum atomic E-state index is -4.76. The van der Waals surface area contributed by atoms with Gasteiger partial charge in [-0.1, -0.05) is 6.07 Å². The molecule has 146 valence electrons. The maximum Gasteiger partial charge on any atom is 0.418 e. The highest BCUT2D eigenvalue weighted by Crippen LogP contribution is 2.40. The number of nitrogens with zero attached hydrogens (tertiary/aromatic N) is 4.